The highest BCUT2D eigenvalue weighted by atomic mass is 79.9. The van der Waals surface area contributed by atoms with Gasteiger partial charge in [-0.15, -0.1) is 0 Å². The van der Waals surface area contributed by atoms with Crippen molar-refractivity contribution < 1.29 is 17.5 Å². The van der Waals surface area contributed by atoms with Crippen LogP contribution in [-0.4, -0.2) is 20.8 Å². The molecule has 0 aliphatic carbocycles. The predicted molar refractivity (Wildman–Crippen MR) is 63.9 cm³/mol. The van der Waals surface area contributed by atoms with E-state index in [1.54, 1.807) is 6.07 Å². The Hall–Kier alpha value is -0.330. The fourth-order valence-corrected chi connectivity index (χ4v) is 2.27. The molecule has 0 amide bonds. The smallest absolute Gasteiger partial charge is 0.232 e. The van der Waals surface area contributed by atoms with Crippen LogP contribution in [0.1, 0.15) is 6.42 Å². The van der Waals surface area contributed by atoms with Crippen LogP contribution in [0.4, 0.5) is 4.39 Å². The maximum atomic E-state index is 12.9. The quantitative estimate of drug-likeness (QED) is 0.615. The molecule has 0 aliphatic heterocycles. The molecule has 0 N–H and O–H groups in total. The third kappa shape index (κ3) is 5.67. The highest BCUT2D eigenvalue weighted by molar-refractivity contribution is 9.10. The molecule has 0 spiro atoms. The van der Waals surface area contributed by atoms with Crippen molar-refractivity contribution in [3.63, 3.8) is 0 Å². The van der Waals surface area contributed by atoms with E-state index in [4.69, 9.17) is 15.4 Å². The molecular formula is C9H9BrClFO3S. The summed E-state index contributed by atoms with van der Waals surface area (Å²) >= 11 is 3.12. The second-order valence-corrected chi connectivity index (χ2v) is 6.86. The summed E-state index contributed by atoms with van der Waals surface area (Å²) in [5.74, 6) is -0.237. The Morgan fingerprint density at radius 3 is 2.62 bits per heavy atom. The Bertz CT molecular complexity index is 444. The van der Waals surface area contributed by atoms with Crippen molar-refractivity contribution in [1.29, 1.82) is 0 Å². The lowest BCUT2D eigenvalue weighted by molar-refractivity contribution is 0.316. The number of hydrogen-bond acceptors (Lipinski definition) is 3. The summed E-state index contributed by atoms with van der Waals surface area (Å²) in [6.07, 6.45) is 0.264. The average molecular weight is 332 g/mol. The van der Waals surface area contributed by atoms with Crippen LogP contribution in [0.25, 0.3) is 0 Å². The predicted octanol–water partition coefficient (Wildman–Crippen LogP) is 2.93. The van der Waals surface area contributed by atoms with Crippen LogP contribution in [0.3, 0.4) is 0 Å². The Morgan fingerprint density at radius 2 is 2.06 bits per heavy atom. The van der Waals surface area contributed by atoms with E-state index in [-0.39, 0.29) is 18.8 Å². The lowest BCUT2D eigenvalue weighted by Gasteiger charge is -2.05. The van der Waals surface area contributed by atoms with Crippen molar-refractivity contribution in [3.05, 3.63) is 28.5 Å². The van der Waals surface area contributed by atoms with E-state index >= 15 is 0 Å². The standard InChI is InChI=1S/C9H9BrClFO3S/c10-7-4-8(12)6-9(5-7)15-2-1-3-16(11,13)14/h4-6H,1-3H2. The molecule has 1 rings (SSSR count). The molecule has 7 heteroatoms. The van der Waals surface area contributed by atoms with Crippen molar-refractivity contribution in [1.82, 2.24) is 0 Å². The van der Waals surface area contributed by atoms with Gasteiger partial charge in [0.1, 0.15) is 11.6 Å². The van der Waals surface area contributed by atoms with E-state index in [1.807, 2.05) is 0 Å². The Kier molecular flexibility index (Phi) is 5.01. The third-order valence-corrected chi connectivity index (χ3v) is 3.33. The maximum absolute atomic E-state index is 12.9. The molecule has 0 bridgehead atoms. The van der Waals surface area contributed by atoms with Crippen LogP contribution >= 0.6 is 26.6 Å². The van der Waals surface area contributed by atoms with E-state index in [2.05, 4.69) is 15.9 Å². The van der Waals surface area contributed by atoms with Crippen molar-refractivity contribution in [2.24, 2.45) is 0 Å². The molecule has 0 saturated heterocycles. The molecule has 0 heterocycles. The van der Waals surface area contributed by atoms with E-state index in [1.165, 1.54) is 12.1 Å². The number of halogens is 3. The van der Waals surface area contributed by atoms with Crippen LogP contribution in [0, 0.1) is 5.82 Å². The second-order valence-electron chi connectivity index (χ2n) is 3.05. The summed E-state index contributed by atoms with van der Waals surface area (Å²) in [4.78, 5) is 0. The SMILES string of the molecule is O=S(=O)(Cl)CCCOc1cc(F)cc(Br)c1. The Morgan fingerprint density at radius 1 is 1.38 bits per heavy atom. The Balaban J connectivity index is 2.43. The van der Waals surface area contributed by atoms with E-state index in [0.29, 0.717) is 10.2 Å². The van der Waals surface area contributed by atoms with Gasteiger partial charge < -0.3 is 4.74 Å². The Labute approximate surface area is 106 Å². The molecule has 0 fully saturated rings. The van der Waals surface area contributed by atoms with Gasteiger partial charge in [0, 0.05) is 21.2 Å². The molecule has 90 valence electrons. The molecule has 1 aromatic carbocycles. The third-order valence-electron chi connectivity index (χ3n) is 1.64. The minimum atomic E-state index is -3.49. The second kappa shape index (κ2) is 5.84. The fraction of sp³-hybridized carbons (Fsp3) is 0.333. The zero-order chi connectivity index (χ0) is 12.2. The van der Waals surface area contributed by atoms with E-state index < -0.39 is 14.9 Å². The molecule has 0 aliphatic rings. The van der Waals surface area contributed by atoms with Crippen LogP contribution in [-0.2, 0) is 9.05 Å². The van der Waals surface area contributed by atoms with Crippen LogP contribution in [0.5, 0.6) is 5.75 Å². The summed E-state index contributed by atoms with van der Waals surface area (Å²) in [5, 5.41) is 0. The summed E-state index contributed by atoms with van der Waals surface area (Å²) in [6.45, 7) is 0.168. The number of ether oxygens (including phenoxy) is 1. The van der Waals surface area contributed by atoms with Gasteiger partial charge in [-0.3, -0.25) is 0 Å². The van der Waals surface area contributed by atoms with E-state index in [0.717, 1.165) is 0 Å². The van der Waals surface area contributed by atoms with Gasteiger partial charge in [-0.05, 0) is 18.6 Å². The molecular weight excluding hydrogens is 323 g/mol. The maximum Gasteiger partial charge on any atom is 0.232 e. The number of rotatable bonds is 5. The van der Waals surface area contributed by atoms with Crippen molar-refractivity contribution in [3.8, 4) is 5.75 Å². The highest BCUT2D eigenvalue weighted by Crippen LogP contribution is 2.20. The fourth-order valence-electron chi connectivity index (χ4n) is 1.03. The van der Waals surface area contributed by atoms with Gasteiger partial charge in [0.15, 0.2) is 0 Å². The molecule has 0 saturated carbocycles. The van der Waals surface area contributed by atoms with Gasteiger partial charge in [-0.25, -0.2) is 12.8 Å². The molecule has 0 radical (unpaired) electrons. The minimum Gasteiger partial charge on any atom is -0.493 e. The van der Waals surface area contributed by atoms with Crippen LogP contribution in [0.2, 0.25) is 0 Å². The minimum absolute atomic E-state index is 0.162. The molecule has 1 aromatic rings. The summed E-state index contributed by atoms with van der Waals surface area (Å²) in [6, 6.07) is 4.12. The normalized spacial score (nSPS) is 11.4. The first kappa shape index (κ1) is 13.7. The zero-order valence-corrected chi connectivity index (χ0v) is 11.3. The van der Waals surface area contributed by atoms with Crippen molar-refractivity contribution in [2.45, 2.75) is 6.42 Å². The molecule has 0 atom stereocenters. The van der Waals surface area contributed by atoms with Gasteiger partial charge in [0.25, 0.3) is 0 Å². The van der Waals surface area contributed by atoms with Crippen molar-refractivity contribution in [2.75, 3.05) is 12.4 Å². The molecule has 0 aromatic heterocycles. The molecule has 0 unspecified atom stereocenters. The van der Waals surface area contributed by atoms with Crippen LogP contribution in [0.15, 0.2) is 22.7 Å². The van der Waals surface area contributed by atoms with Gasteiger partial charge >= 0.3 is 0 Å². The lowest BCUT2D eigenvalue weighted by atomic mass is 10.3. The largest absolute Gasteiger partial charge is 0.493 e. The van der Waals surface area contributed by atoms with E-state index in [9.17, 15) is 12.8 Å². The van der Waals surface area contributed by atoms with Crippen LogP contribution < -0.4 is 4.74 Å². The van der Waals surface area contributed by atoms with Crippen molar-refractivity contribution >= 4 is 35.7 Å². The van der Waals surface area contributed by atoms with Gasteiger partial charge in [-0.1, -0.05) is 15.9 Å². The summed E-state index contributed by atoms with van der Waals surface area (Å²) < 4.78 is 39.8. The zero-order valence-electron chi connectivity index (χ0n) is 8.12. The monoisotopic (exact) mass is 330 g/mol. The average Bonchev–Trinajstić information content (AvgIpc) is 2.09. The number of benzene rings is 1. The topological polar surface area (TPSA) is 43.4 Å². The highest BCUT2D eigenvalue weighted by Gasteiger charge is 2.05. The first-order valence-corrected chi connectivity index (χ1v) is 7.65. The molecule has 3 nitrogen and oxygen atoms in total. The van der Waals surface area contributed by atoms with Gasteiger partial charge in [0.2, 0.25) is 9.05 Å². The first-order chi connectivity index (χ1) is 7.37. The van der Waals surface area contributed by atoms with Gasteiger partial charge in [0.05, 0.1) is 12.4 Å². The van der Waals surface area contributed by atoms with Gasteiger partial charge in [-0.2, -0.15) is 0 Å². The molecule has 16 heavy (non-hydrogen) atoms. The summed E-state index contributed by atoms with van der Waals surface area (Å²) in [5.41, 5.74) is 0. The number of hydrogen-bond donors (Lipinski definition) is 0. The first-order valence-electron chi connectivity index (χ1n) is 4.38. The lowest BCUT2D eigenvalue weighted by Crippen LogP contribution is -2.04. The summed E-state index contributed by atoms with van der Waals surface area (Å²) in [7, 11) is 1.53.